The zero-order chi connectivity index (χ0) is 12.8. The first kappa shape index (κ1) is 14.2. The number of nitrogens with zero attached hydrogens (tertiary/aromatic N) is 1. The minimum atomic E-state index is 0.0374. The second kappa shape index (κ2) is 6.77. The molecule has 0 bridgehead atoms. The van der Waals surface area contributed by atoms with E-state index in [1.807, 2.05) is 25.1 Å². The number of nitrogens with one attached hydrogen (secondary N) is 1. The molecule has 1 amide bonds. The molecule has 0 fully saturated rings. The highest BCUT2D eigenvalue weighted by Crippen LogP contribution is 2.19. The van der Waals surface area contributed by atoms with Gasteiger partial charge in [-0.25, -0.2) is 0 Å². The smallest absolute Gasteiger partial charge is 0.238 e. The topological polar surface area (TPSA) is 32.3 Å². The second-order valence-electron chi connectivity index (χ2n) is 3.97. The van der Waals surface area contributed by atoms with Gasteiger partial charge in [0.2, 0.25) is 5.91 Å². The van der Waals surface area contributed by atoms with Gasteiger partial charge in [0.25, 0.3) is 0 Å². The highest BCUT2D eigenvalue weighted by molar-refractivity contribution is 9.10. The van der Waals surface area contributed by atoms with Gasteiger partial charge in [-0.15, -0.1) is 0 Å². The van der Waals surface area contributed by atoms with Crippen LogP contribution in [0.15, 0.2) is 22.7 Å². The molecule has 0 saturated heterocycles. The standard InChI is InChI=1S/C13H19BrN2O/c1-4-16(5-2)9-13(17)15-11-6-7-12(14)10(3)8-11/h6-8H,4-5,9H2,1-3H3,(H,15,17). The van der Waals surface area contributed by atoms with Gasteiger partial charge >= 0.3 is 0 Å². The van der Waals surface area contributed by atoms with Gasteiger partial charge in [0.05, 0.1) is 6.54 Å². The Kier molecular flexibility index (Phi) is 5.65. The summed E-state index contributed by atoms with van der Waals surface area (Å²) < 4.78 is 1.05. The van der Waals surface area contributed by atoms with Crippen molar-refractivity contribution in [3.63, 3.8) is 0 Å². The number of amides is 1. The van der Waals surface area contributed by atoms with Gasteiger partial charge in [-0.2, -0.15) is 0 Å². The molecule has 94 valence electrons. The summed E-state index contributed by atoms with van der Waals surface area (Å²) >= 11 is 3.44. The van der Waals surface area contributed by atoms with Crippen LogP contribution in [0.25, 0.3) is 0 Å². The zero-order valence-corrected chi connectivity index (χ0v) is 12.2. The maximum absolute atomic E-state index is 11.8. The Morgan fingerprint density at radius 2 is 2.00 bits per heavy atom. The summed E-state index contributed by atoms with van der Waals surface area (Å²) in [4.78, 5) is 13.9. The van der Waals surface area contributed by atoms with Crippen LogP contribution in [-0.2, 0) is 4.79 Å². The van der Waals surface area contributed by atoms with E-state index in [2.05, 4.69) is 40.0 Å². The lowest BCUT2D eigenvalue weighted by Crippen LogP contribution is -2.32. The van der Waals surface area contributed by atoms with Crippen LogP contribution in [0, 0.1) is 6.92 Å². The molecule has 3 nitrogen and oxygen atoms in total. The number of hydrogen-bond donors (Lipinski definition) is 1. The van der Waals surface area contributed by atoms with Gasteiger partial charge in [-0.3, -0.25) is 9.69 Å². The van der Waals surface area contributed by atoms with Crippen LogP contribution >= 0.6 is 15.9 Å². The van der Waals surface area contributed by atoms with Gasteiger partial charge in [-0.1, -0.05) is 29.8 Å². The predicted molar refractivity (Wildman–Crippen MR) is 75.3 cm³/mol. The van der Waals surface area contributed by atoms with Crippen LogP contribution in [-0.4, -0.2) is 30.4 Å². The quantitative estimate of drug-likeness (QED) is 0.906. The molecule has 0 spiro atoms. The van der Waals surface area contributed by atoms with E-state index in [0.29, 0.717) is 6.54 Å². The van der Waals surface area contributed by atoms with Gasteiger partial charge in [-0.05, 0) is 43.8 Å². The molecule has 0 saturated carbocycles. The number of hydrogen-bond acceptors (Lipinski definition) is 2. The summed E-state index contributed by atoms with van der Waals surface area (Å²) in [5.41, 5.74) is 1.97. The lowest BCUT2D eigenvalue weighted by molar-refractivity contribution is -0.117. The summed E-state index contributed by atoms with van der Waals surface area (Å²) in [5, 5.41) is 2.91. The fourth-order valence-electron chi connectivity index (χ4n) is 1.57. The first-order valence-electron chi connectivity index (χ1n) is 5.85. The number of likely N-dealkylation sites (N-methyl/N-ethyl adjacent to an activating group) is 1. The summed E-state index contributed by atoms with van der Waals surface area (Å²) in [6.45, 7) is 8.35. The molecule has 0 heterocycles. The van der Waals surface area contributed by atoms with Crippen molar-refractivity contribution >= 4 is 27.5 Å². The molecule has 0 aliphatic rings. The average molecular weight is 299 g/mol. The number of rotatable bonds is 5. The summed E-state index contributed by atoms with van der Waals surface area (Å²) in [7, 11) is 0. The van der Waals surface area contributed by atoms with Crippen molar-refractivity contribution in [1.82, 2.24) is 4.90 Å². The third-order valence-electron chi connectivity index (χ3n) is 2.70. The van der Waals surface area contributed by atoms with Crippen molar-refractivity contribution < 1.29 is 4.79 Å². The minimum absolute atomic E-state index is 0.0374. The molecular weight excluding hydrogens is 280 g/mol. The Morgan fingerprint density at radius 3 is 2.53 bits per heavy atom. The van der Waals surface area contributed by atoms with Crippen molar-refractivity contribution in [1.29, 1.82) is 0 Å². The number of halogens is 1. The number of anilines is 1. The van der Waals surface area contributed by atoms with Crippen LogP contribution in [0.3, 0.4) is 0 Å². The molecule has 1 aromatic rings. The molecule has 0 atom stereocenters. The van der Waals surface area contributed by atoms with Gasteiger partial charge in [0.1, 0.15) is 0 Å². The van der Waals surface area contributed by atoms with E-state index >= 15 is 0 Å². The summed E-state index contributed by atoms with van der Waals surface area (Å²) in [6, 6.07) is 5.81. The van der Waals surface area contributed by atoms with Gasteiger partial charge < -0.3 is 5.32 Å². The molecule has 0 aliphatic heterocycles. The lowest BCUT2D eigenvalue weighted by Gasteiger charge is -2.17. The Labute approximate surface area is 111 Å². The first-order valence-corrected chi connectivity index (χ1v) is 6.64. The van der Waals surface area contributed by atoms with Crippen LogP contribution in [0.1, 0.15) is 19.4 Å². The number of aryl methyl sites for hydroxylation is 1. The van der Waals surface area contributed by atoms with Gasteiger partial charge in [0.15, 0.2) is 0 Å². The number of carbonyl (C=O) groups is 1. The van der Waals surface area contributed by atoms with Crippen LogP contribution < -0.4 is 5.32 Å². The second-order valence-corrected chi connectivity index (χ2v) is 4.83. The molecule has 0 radical (unpaired) electrons. The summed E-state index contributed by atoms with van der Waals surface area (Å²) in [5.74, 6) is 0.0374. The molecule has 4 heteroatoms. The highest BCUT2D eigenvalue weighted by Gasteiger charge is 2.07. The summed E-state index contributed by atoms with van der Waals surface area (Å²) in [6.07, 6.45) is 0. The highest BCUT2D eigenvalue weighted by atomic mass is 79.9. The Morgan fingerprint density at radius 1 is 1.35 bits per heavy atom. The molecule has 0 aliphatic carbocycles. The number of carbonyl (C=O) groups excluding carboxylic acids is 1. The zero-order valence-electron chi connectivity index (χ0n) is 10.6. The molecular formula is C13H19BrN2O. The van der Waals surface area contributed by atoms with Crippen molar-refractivity contribution in [2.75, 3.05) is 25.0 Å². The monoisotopic (exact) mass is 298 g/mol. The molecule has 0 aromatic heterocycles. The van der Waals surface area contributed by atoms with Crippen molar-refractivity contribution in [3.05, 3.63) is 28.2 Å². The molecule has 0 unspecified atom stereocenters. The third-order valence-corrected chi connectivity index (χ3v) is 3.59. The van der Waals surface area contributed by atoms with E-state index in [0.717, 1.165) is 28.8 Å². The fourth-order valence-corrected chi connectivity index (χ4v) is 1.82. The van der Waals surface area contributed by atoms with E-state index in [-0.39, 0.29) is 5.91 Å². The van der Waals surface area contributed by atoms with E-state index in [9.17, 15) is 4.79 Å². The normalized spacial score (nSPS) is 10.6. The van der Waals surface area contributed by atoms with E-state index in [4.69, 9.17) is 0 Å². The first-order chi connectivity index (χ1) is 8.06. The van der Waals surface area contributed by atoms with E-state index in [1.165, 1.54) is 0 Å². The van der Waals surface area contributed by atoms with E-state index in [1.54, 1.807) is 0 Å². The van der Waals surface area contributed by atoms with Crippen LogP contribution in [0.2, 0.25) is 0 Å². The molecule has 17 heavy (non-hydrogen) atoms. The van der Waals surface area contributed by atoms with Crippen molar-refractivity contribution in [2.24, 2.45) is 0 Å². The Hall–Kier alpha value is -0.870. The Balaban J connectivity index is 2.58. The minimum Gasteiger partial charge on any atom is -0.325 e. The van der Waals surface area contributed by atoms with Crippen LogP contribution in [0.5, 0.6) is 0 Å². The van der Waals surface area contributed by atoms with Crippen molar-refractivity contribution in [3.8, 4) is 0 Å². The number of benzene rings is 1. The SMILES string of the molecule is CCN(CC)CC(=O)Nc1ccc(Br)c(C)c1. The molecule has 1 rings (SSSR count). The largest absolute Gasteiger partial charge is 0.325 e. The molecule has 1 N–H and O–H groups in total. The lowest BCUT2D eigenvalue weighted by atomic mass is 10.2. The predicted octanol–water partition coefficient (Wildman–Crippen LogP) is 3.04. The Bertz CT molecular complexity index is 389. The van der Waals surface area contributed by atoms with Crippen molar-refractivity contribution in [2.45, 2.75) is 20.8 Å². The maximum Gasteiger partial charge on any atom is 0.238 e. The average Bonchev–Trinajstić information content (AvgIpc) is 2.31. The van der Waals surface area contributed by atoms with Gasteiger partial charge in [0, 0.05) is 10.2 Å². The molecule has 1 aromatic carbocycles. The third kappa shape index (κ3) is 4.48. The van der Waals surface area contributed by atoms with E-state index < -0.39 is 0 Å². The van der Waals surface area contributed by atoms with Crippen LogP contribution in [0.4, 0.5) is 5.69 Å². The maximum atomic E-state index is 11.8. The fraction of sp³-hybridized carbons (Fsp3) is 0.462.